The van der Waals surface area contributed by atoms with Crippen LogP contribution in [0.1, 0.15) is 22.5 Å². The molecule has 0 radical (unpaired) electrons. The van der Waals surface area contributed by atoms with E-state index in [2.05, 4.69) is 52.5 Å². The van der Waals surface area contributed by atoms with E-state index in [1.807, 2.05) is 13.0 Å². The van der Waals surface area contributed by atoms with Gasteiger partial charge in [0.1, 0.15) is 5.82 Å². The number of nitrogens with two attached hydrogens (primary N) is 2. The number of primary amides is 1. The van der Waals surface area contributed by atoms with E-state index < -0.39 is 24.8 Å². The number of anilines is 3. The fourth-order valence-corrected chi connectivity index (χ4v) is 3.05. The van der Waals surface area contributed by atoms with Gasteiger partial charge in [0.05, 0.1) is 16.4 Å². The van der Waals surface area contributed by atoms with Gasteiger partial charge in [0, 0.05) is 23.5 Å². The third-order valence-electron chi connectivity index (χ3n) is 3.56. The number of carbonyl (C=O) groups excluding carboxylic acids is 1. The average molecular weight is 508 g/mol. The van der Waals surface area contributed by atoms with Crippen LogP contribution in [-0.4, -0.2) is 34.9 Å². The number of hydrogen-bond donors (Lipinski definition) is 4. The first kappa shape index (κ1) is 21.5. The third-order valence-corrected chi connectivity index (χ3v) is 5.94. The second kappa shape index (κ2) is 9.38. The smallest absolute Gasteiger partial charge is 0.271 e. The number of nitrogens with zero attached hydrogens (tertiary/aromatic N) is 2. The quantitative estimate of drug-likeness (QED) is 0.434. The molecule has 0 spiro atoms. The molecule has 0 bridgehead atoms. The Labute approximate surface area is 171 Å². The largest absolute Gasteiger partial charge is 0.367 e. The summed E-state index contributed by atoms with van der Waals surface area (Å²) < 4.78 is 26.3. The van der Waals surface area contributed by atoms with Crippen LogP contribution in [0.15, 0.2) is 27.3 Å². The molecule has 11 heteroatoms. The Morgan fingerprint density at radius 3 is 2.63 bits per heavy atom. The Bertz CT molecular complexity index is 837. The molecule has 27 heavy (non-hydrogen) atoms. The van der Waals surface area contributed by atoms with Crippen molar-refractivity contribution >= 4 is 55.1 Å². The van der Waals surface area contributed by atoms with Gasteiger partial charge in [-0.25, -0.2) is 18.7 Å². The molecule has 7 nitrogen and oxygen atoms in total. The molecule has 0 aliphatic carbocycles. The van der Waals surface area contributed by atoms with Crippen molar-refractivity contribution in [2.24, 2.45) is 11.5 Å². The maximum Gasteiger partial charge on any atom is 0.271 e. The van der Waals surface area contributed by atoms with Crippen LogP contribution in [-0.2, 0) is 0 Å². The highest BCUT2D eigenvalue weighted by Crippen LogP contribution is 2.35. The minimum Gasteiger partial charge on any atom is -0.367 e. The van der Waals surface area contributed by atoms with Gasteiger partial charge in [-0.05, 0) is 50.4 Å². The molecule has 1 unspecified atom stereocenters. The summed E-state index contributed by atoms with van der Waals surface area (Å²) in [6, 6.07) is 2.93. The average Bonchev–Trinajstić information content (AvgIpc) is 2.60. The Hall–Kier alpha value is -1.85. The second-order valence-corrected chi connectivity index (χ2v) is 7.35. The lowest BCUT2D eigenvalue weighted by atomic mass is 10.2. The van der Waals surface area contributed by atoms with E-state index in [4.69, 9.17) is 11.5 Å². The van der Waals surface area contributed by atoms with E-state index in [0.29, 0.717) is 5.69 Å². The van der Waals surface area contributed by atoms with E-state index in [-0.39, 0.29) is 23.9 Å². The summed E-state index contributed by atoms with van der Waals surface area (Å²) in [5, 5.41) is 5.84. The zero-order valence-electron chi connectivity index (χ0n) is 14.3. The number of aromatic nitrogens is 2. The molecule has 1 amide bonds. The minimum absolute atomic E-state index is 0.0546. The highest BCUT2D eigenvalue weighted by molar-refractivity contribution is 9.13. The van der Waals surface area contributed by atoms with Gasteiger partial charge >= 0.3 is 0 Å². The summed E-state index contributed by atoms with van der Waals surface area (Å²) in [4.78, 5) is 19.9. The number of carbonyl (C=O) groups is 1. The topological polar surface area (TPSA) is 119 Å². The summed E-state index contributed by atoms with van der Waals surface area (Å²) in [5.74, 6) is -0.353. The molecular weight excluding hydrogens is 490 g/mol. The van der Waals surface area contributed by atoms with Crippen molar-refractivity contribution in [1.29, 1.82) is 0 Å². The van der Waals surface area contributed by atoms with Gasteiger partial charge in [0.2, 0.25) is 6.43 Å². The molecule has 0 saturated carbocycles. The van der Waals surface area contributed by atoms with Crippen molar-refractivity contribution in [3.05, 3.63) is 38.5 Å². The highest BCUT2D eigenvalue weighted by atomic mass is 79.9. The first-order valence-corrected chi connectivity index (χ1v) is 9.43. The molecule has 0 saturated heterocycles. The van der Waals surface area contributed by atoms with Gasteiger partial charge in [0.25, 0.3) is 5.91 Å². The van der Waals surface area contributed by atoms with Crippen LogP contribution in [0, 0.1) is 6.92 Å². The third kappa shape index (κ3) is 5.81. The molecule has 0 fully saturated rings. The monoisotopic (exact) mass is 506 g/mol. The van der Waals surface area contributed by atoms with Crippen molar-refractivity contribution in [3.63, 3.8) is 0 Å². The van der Waals surface area contributed by atoms with Gasteiger partial charge < -0.3 is 22.1 Å². The van der Waals surface area contributed by atoms with E-state index in [1.165, 1.54) is 6.20 Å². The Morgan fingerprint density at radius 1 is 1.30 bits per heavy atom. The molecule has 1 heterocycles. The van der Waals surface area contributed by atoms with Crippen LogP contribution >= 0.6 is 31.9 Å². The number of amides is 1. The molecule has 1 aromatic carbocycles. The predicted octanol–water partition coefficient (Wildman–Crippen LogP) is 3.55. The lowest BCUT2D eigenvalue weighted by Crippen LogP contribution is -2.31. The van der Waals surface area contributed by atoms with Gasteiger partial charge in [-0.3, -0.25) is 4.79 Å². The zero-order valence-corrected chi connectivity index (χ0v) is 17.4. The number of hydrogen-bond acceptors (Lipinski definition) is 6. The summed E-state index contributed by atoms with van der Waals surface area (Å²) in [5.41, 5.74) is 12.6. The van der Waals surface area contributed by atoms with Crippen LogP contribution in [0.25, 0.3) is 0 Å². The van der Waals surface area contributed by atoms with Crippen molar-refractivity contribution in [3.8, 4) is 0 Å². The van der Waals surface area contributed by atoms with Gasteiger partial charge in [-0.2, -0.15) is 0 Å². The lowest BCUT2D eigenvalue weighted by Gasteiger charge is -2.15. The molecule has 6 N–H and O–H groups in total. The van der Waals surface area contributed by atoms with Crippen molar-refractivity contribution in [2.75, 3.05) is 17.2 Å². The van der Waals surface area contributed by atoms with E-state index >= 15 is 0 Å². The Balaban J connectivity index is 2.26. The minimum atomic E-state index is -2.49. The molecule has 1 aromatic heterocycles. The van der Waals surface area contributed by atoms with Crippen LogP contribution in [0.3, 0.4) is 0 Å². The van der Waals surface area contributed by atoms with Crippen LogP contribution in [0.5, 0.6) is 0 Å². The predicted molar refractivity (Wildman–Crippen MR) is 107 cm³/mol. The summed E-state index contributed by atoms with van der Waals surface area (Å²) in [6.07, 6.45) is -1.63. The Morgan fingerprint density at radius 2 is 2.00 bits per heavy atom. The molecule has 146 valence electrons. The molecule has 0 aliphatic rings. The summed E-state index contributed by atoms with van der Waals surface area (Å²) >= 11 is 6.93. The van der Waals surface area contributed by atoms with E-state index in [0.717, 1.165) is 14.5 Å². The first-order chi connectivity index (χ1) is 12.7. The first-order valence-electron chi connectivity index (χ1n) is 7.85. The molecule has 2 aromatic rings. The van der Waals surface area contributed by atoms with Gasteiger partial charge in [-0.1, -0.05) is 6.07 Å². The number of rotatable bonds is 8. The Kier molecular flexibility index (Phi) is 7.45. The maximum absolute atomic E-state index is 12.4. The fraction of sp³-hybridized carbons (Fsp3) is 0.312. The number of aryl methyl sites for hydroxylation is 1. The van der Waals surface area contributed by atoms with Crippen molar-refractivity contribution < 1.29 is 13.6 Å². The number of halogens is 4. The molecule has 2 rings (SSSR count). The number of alkyl halides is 2. The fourth-order valence-electron chi connectivity index (χ4n) is 2.16. The molecule has 1 atom stereocenters. The number of benzene rings is 1. The molecule has 0 aliphatic heterocycles. The summed E-state index contributed by atoms with van der Waals surface area (Å²) in [6.45, 7) is 2.01. The van der Waals surface area contributed by atoms with E-state index in [9.17, 15) is 13.6 Å². The van der Waals surface area contributed by atoms with Crippen LogP contribution in [0.4, 0.5) is 26.1 Å². The highest BCUT2D eigenvalue weighted by Gasteiger charge is 2.16. The normalized spacial score (nSPS) is 12.1. The van der Waals surface area contributed by atoms with Crippen LogP contribution < -0.4 is 22.1 Å². The zero-order chi connectivity index (χ0) is 20.1. The molecular formula is C16H18Br2F2N6O. The van der Waals surface area contributed by atoms with Gasteiger partial charge in [0.15, 0.2) is 11.5 Å². The van der Waals surface area contributed by atoms with Crippen molar-refractivity contribution in [2.45, 2.75) is 25.8 Å². The van der Waals surface area contributed by atoms with Crippen LogP contribution in [0.2, 0.25) is 0 Å². The standard InChI is InChI=1S/C16H18Br2F2N6O/c1-7-2-3-9(13(18)12(7)17)25-16-14(15(22)27)24-6-11(26-16)23-5-8(21)4-10(19)20/h2-3,6,8,10H,4-5,21H2,1H3,(H2,22,27)(H2,23,25,26). The number of nitrogens with one attached hydrogen (secondary N) is 2. The maximum atomic E-state index is 12.4. The summed E-state index contributed by atoms with van der Waals surface area (Å²) in [7, 11) is 0. The lowest BCUT2D eigenvalue weighted by molar-refractivity contribution is 0.0996. The van der Waals surface area contributed by atoms with Gasteiger partial charge in [-0.15, -0.1) is 0 Å². The van der Waals surface area contributed by atoms with E-state index in [1.54, 1.807) is 6.07 Å². The SMILES string of the molecule is Cc1ccc(Nc2nc(NCC(N)CC(F)F)cnc2C(N)=O)c(Br)c1Br. The second-order valence-electron chi connectivity index (χ2n) is 5.77. The van der Waals surface area contributed by atoms with Crippen molar-refractivity contribution in [1.82, 2.24) is 9.97 Å².